The Morgan fingerprint density at radius 2 is 2.03 bits per heavy atom. The van der Waals surface area contributed by atoms with Gasteiger partial charge in [-0.3, -0.25) is 4.79 Å². The first-order valence-corrected chi connectivity index (χ1v) is 11.6. The molecule has 0 atom stereocenters. The van der Waals surface area contributed by atoms with Crippen molar-refractivity contribution in [3.63, 3.8) is 0 Å². The van der Waals surface area contributed by atoms with Crippen LogP contribution in [0.1, 0.15) is 17.7 Å². The summed E-state index contributed by atoms with van der Waals surface area (Å²) in [6.45, 7) is 0.632. The summed E-state index contributed by atoms with van der Waals surface area (Å²) >= 11 is 0. The van der Waals surface area contributed by atoms with Crippen LogP contribution in [0.5, 0.6) is 0 Å². The van der Waals surface area contributed by atoms with Gasteiger partial charge in [0.1, 0.15) is 23.3 Å². The molecule has 1 aromatic carbocycles. The van der Waals surface area contributed by atoms with Gasteiger partial charge in [0.25, 0.3) is 15.9 Å². The van der Waals surface area contributed by atoms with Crippen LogP contribution in [-0.4, -0.2) is 53.7 Å². The van der Waals surface area contributed by atoms with Gasteiger partial charge in [-0.2, -0.15) is 10.4 Å². The normalized spacial score (nSPS) is 16.5. The summed E-state index contributed by atoms with van der Waals surface area (Å²) in [7, 11) is -3.43. The molecule has 0 aliphatic carbocycles. The van der Waals surface area contributed by atoms with Gasteiger partial charge in [-0.1, -0.05) is 18.2 Å². The van der Waals surface area contributed by atoms with Gasteiger partial charge in [-0.25, -0.2) is 13.1 Å². The molecule has 0 spiro atoms. The first-order chi connectivity index (χ1) is 15.4. The Morgan fingerprint density at radius 1 is 1.25 bits per heavy atom. The van der Waals surface area contributed by atoms with Gasteiger partial charge in [-0.15, -0.1) is 4.40 Å². The fourth-order valence-electron chi connectivity index (χ4n) is 3.44. The highest BCUT2D eigenvalue weighted by molar-refractivity contribution is 7.90. The first kappa shape index (κ1) is 21.3. The molecular weight excluding hydrogens is 430 g/mol. The highest BCUT2D eigenvalue weighted by atomic mass is 32.2. The van der Waals surface area contributed by atoms with E-state index in [4.69, 9.17) is 5.73 Å². The van der Waals surface area contributed by atoms with Gasteiger partial charge < -0.3 is 16.0 Å². The summed E-state index contributed by atoms with van der Waals surface area (Å²) in [5, 5.41) is 16.8. The average Bonchev–Trinajstić information content (AvgIpc) is 3.11. The van der Waals surface area contributed by atoms with Crippen LogP contribution in [0.15, 0.2) is 58.7 Å². The molecule has 2 aliphatic rings. The molecule has 0 saturated heterocycles. The Hall–Kier alpha value is -3.91. The number of anilines is 1. The molecule has 11 heteroatoms. The predicted molar refractivity (Wildman–Crippen MR) is 119 cm³/mol. The number of nitrogens with one attached hydrogen (secondary N) is 1. The maximum atomic E-state index is 12.5. The topological polar surface area (TPSA) is 146 Å². The first-order valence-electron chi connectivity index (χ1n) is 9.98. The Balaban J connectivity index is 1.35. The Labute approximate surface area is 185 Å². The zero-order chi connectivity index (χ0) is 22.7. The summed E-state index contributed by atoms with van der Waals surface area (Å²) in [5.41, 5.74) is 8.21. The maximum absolute atomic E-state index is 12.5. The molecule has 0 saturated carbocycles. The molecule has 0 fully saturated rings. The lowest BCUT2D eigenvalue weighted by atomic mass is 10.1. The van der Waals surface area contributed by atoms with Crippen LogP contribution in [0, 0.1) is 11.3 Å². The molecule has 0 bridgehead atoms. The Kier molecular flexibility index (Phi) is 5.79. The molecule has 164 valence electrons. The Bertz CT molecular complexity index is 1280. The van der Waals surface area contributed by atoms with E-state index in [2.05, 4.69) is 20.9 Å². The lowest BCUT2D eigenvalue weighted by Gasteiger charge is -2.26. The number of rotatable bonds is 6. The lowest BCUT2D eigenvalue weighted by Crippen LogP contribution is -2.38. The number of hydrogen-bond donors (Lipinski definition) is 2. The standard InChI is InChI=1S/C21H21N7O3S/c22-13-17-18(25-28(20(17)23)16-5-2-1-3-6-16)7-4-10-24-21(29)15-8-9-19-26-32(30,31)12-11-27(19)14-15/h1-3,5-6,8-9,14H,4,7,10-12,23H2,(H,24,29). The summed E-state index contributed by atoms with van der Waals surface area (Å²) in [4.78, 5) is 14.1. The number of para-hydroxylation sites is 1. The number of nitriles is 1. The van der Waals surface area contributed by atoms with Crippen LogP contribution in [0.25, 0.3) is 5.69 Å². The number of sulfonamides is 1. The highest BCUT2D eigenvalue weighted by Gasteiger charge is 2.25. The van der Waals surface area contributed by atoms with Crippen molar-refractivity contribution in [1.29, 1.82) is 5.26 Å². The highest BCUT2D eigenvalue weighted by Crippen LogP contribution is 2.21. The number of nitrogen functional groups attached to an aromatic ring is 1. The minimum atomic E-state index is -3.43. The lowest BCUT2D eigenvalue weighted by molar-refractivity contribution is -0.117. The third-order valence-electron chi connectivity index (χ3n) is 5.07. The number of fused-ring (bicyclic) bond motifs is 1. The number of hydrogen-bond acceptors (Lipinski definition) is 7. The fraction of sp³-hybridized carbons (Fsp3) is 0.238. The van der Waals surface area contributed by atoms with Gasteiger partial charge >= 0.3 is 0 Å². The molecule has 1 amide bonds. The number of benzene rings is 1. The van der Waals surface area contributed by atoms with Crippen LogP contribution in [0.3, 0.4) is 0 Å². The van der Waals surface area contributed by atoms with E-state index >= 15 is 0 Å². The van der Waals surface area contributed by atoms with Crippen molar-refractivity contribution in [2.24, 2.45) is 4.40 Å². The van der Waals surface area contributed by atoms with Crippen molar-refractivity contribution in [3.8, 4) is 11.8 Å². The summed E-state index contributed by atoms with van der Waals surface area (Å²) < 4.78 is 28.4. The van der Waals surface area contributed by atoms with Crippen molar-refractivity contribution in [2.75, 3.05) is 24.6 Å². The summed E-state index contributed by atoms with van der Waals surface area (Å²) in [6.07, 6.45) is 5.70. The van der Waals surface area contributed by atoms with Crippen LogP contribution < -0.4 is 11.1 Å². The largest absolute Gasteiger partial charge is 0.382 e. The van der Waals surface area contributed by atoms with Crippen molar-refractivity contribution in [1.82, 2.24) is 20.0 Å². The van der Waals surface area contributed by atoms with Gasteiger partial charge in [0.15, 0.2) is 0 Å². The molecule has 1 aromatic heterocycles. The zero-order valence-electron chi connectivity index (χ0n) is 17.1. The van der Waals surface area contributed by atoms with Crippen LogP contribution >= 0.6 is 0 Å². The molecule has 3 heterocycles. The van der Waals surface area contributed by atoms with Gasteiger partial charge in [0.2, 0.25) is 0 Å². The predicted octanol–water partition coefficient (Wildman–Crippen LogP) is 0.873. The molecule has 10 nitrogen and oxygen atoms in total. The second kappa shape index (κ2) is 8.68. The van der Waals surface area contributed by atoms with Crippen molar-refractivity contribution in [2.45, 2.75) is 12.8 Å². The molecule has 0 radical (unpaired) electrons. The average molecular weight is 452 g/mol. The molecule has 32 heavy (non-hydrogen) atoms. The second-order valence-electron chi connectivity index (χ2n) is 7.27. The SMILES string of the molecule is N#Cc1c(CCCNC(=O)C2=CN3CCS(=O)(=O)N=C3C=C2)nn(-c2ccccc2)c1N. The number of amides is 1. The van der Waals surface area contributed by atoms with Crippen molar-refractivity contribution >= 4 is 27.6 Å². The van der Waals surface area contributed by atoms with E-state index in [1.165, 1.54) is 6.08 Å². The monoisotopic (exact) mass is 451 g/mol. The number of aromatic nitrogens is 2. The minimum absolute atomic E-state index is 0.0876. The van der Waals surface area contributed by atoms with Crippen molar-refractivity contribution < 1.29 is 13.2 Å². The van der Waals surface area contributed by atoms with Gasteiger partial charge in [0, 0.05) is 19.3 Å². The molecule has 4 rings (SSSR count). The fourth-order valence-corrected chi connectivity index (χ4v) is 4.41. The number of nitrogens with zero attached hydrogens (tertiary/aromatic N) is 5. The quantitative estimate of drug-likeness (QED) is 0.620. The summed E-state index contributed by atoms with van der Waals surface area (Å²) in [5.74, 6) is 0.235. The smallest absolute Gasteiger partial charge is 0.256 e. The number of nitrogens with two attached hydrogens (primary N) is 1. The molecule has 0 unspecified atom stereocenters. The minimum Gasteiger partial charge on any atom is -0.382 e. The van der Waals surface area contributed by atoms with E-state index in [9.17, 15) is 18.5 Å². The van der Waals surface area contributed by atoms with E-state index in [1.54, 1.807) is 21.9 Å². The van der Waals surface area contributed by atoms with Crippen molar-refractivity contribution in [3.05, 3.63) is 65.5 Å². The van der Waals surface area contributed by atoms with E-state index in [1.807, 2.05) is 30.3 Å². The van der Waals surface area contributed by atoms with Crippen LogP contribution in [0.2, 0.25) is 0 Å². The molecule has 2 aliphatic heterocycles. The van der Waals surface area contributed by atoms with Crippen LogP contribution in [0.4, 0.5) is 5.82 Å². The van der Waals surface area contributed by atoms with E-state index in [-0.39, 0.29) is 24.0 Å². The number of carbonyl (C=O) groups excluding carboxylic acids is 1. The van der Waals surface area contributed by atoms with Crippen LogP contribution in [-0.2, 0) is 21.2 Å². The van der Waals surface area contributed by atoms with E-state index in [0.29, 0.717) is 42.1 Å². The third kappa shape index (κ3) is 4.40. The van der Waals surface area contributed by atoms with Gasteiger partial charge in [0.05, 0.1) is 22.7 Å². The number of carbonyl (C=O) groups is 1. The zero-order valence-corrected chi connectivity index (χ0v) is 17.9. The van der Waals surface area contributed by atoms with Gasteiger partial charge in [-0.05, 0) is 37.1 Å². The van der Waals surface area contributed by atoms with E-state index in [0.717, 1.165) is 5.69 Å². The molecule has 2 aromatic rings. The Morgan fingerprint density at radius 3 is 2.78 bits per heavy atom. The van der Waals surface area contributed by atoms with E-state index < -0.39 is 10.0 Å². The number of amidine groups is 1. The number of aryl methyl sites for hydroxylation is 1. The molecular formula is C21H21N7O3S. The third-order valence-corrected chi connectivity index (χ3v) is 6.23. The maximum Gasteiger partial charge on any atom is 0.256 e. The second-order valence-corrected chi connectivity index (χ2v) is 9.03. The summed E-state index contributed by atoms with van der Waals surface area (Å²) in [6, 6.07) is 11.4. The molecule has 3 N–H and O–H groups in total.